The molecule has 0 amide bonds. The van der Waals surface area contributed by atoms with Crippen molar-refractivity contribution in [2.75, 3.05) is 0 Å². The Bertz CT molecular complexity index is 732. The summed E-state index contributed by atoms with van der Waals surface area (Å²) in [6, 6.07) is 3.15. The molecule has 110 valence electrons. The van der Waals surface area contributed by atoms with E-state index in [-0.39, 0.29) is 11.7 Å². The highest BCUT2D eigenvalue weighted by atomic mass is 16.5. The molecule has 1 aliphatic rings. The molecule has 0 unspecified atom stereocenters. The van der Waals surface area contributed by atoms with Crippen LogP contribution in [0.1, 0.15) is 32.6 Å². The number of aromatic amines is 1. The maximum atomic E-state index is 12.0. The molecule has 0 atom stereocenters. The van der Waals surface area contributed by atoms with Crippen molar-refractivity contribution in [1.29, 1.82) is 0 Å². The smallest absolute Gasteiger partial charge is 0.308 e. The van der Waals surface area contributed by atoms with Crippen LogP contribution in [0.4, 0.5) is 0 Å². The molecular weight excluding hydrogens is 272 g/mol. The Hall–Kier alpha value is -2.37. The van der Waals surface area contributed by atoms with Crippen molar-refractivity contribution in [2.24, 2.45) is 0 Å². The molecule has 1 aromatic heterocycles. The molecule has 2 aromatic rings. The van der Waals surface area contributed by atoms with Gasteiger partial charge in [-0.05, 0) is 25.7 Å². The molecule has 6 heteroatoms. The van der Waals surface area contributed by atoms with E-state index >= 15 is 0 Å². The van der Waals surface area contributed by atoms with Gasteiger partial charge in [-0.1, -0.05) is 0 Å². The van der Waals surface area contributed by atoms with Gasteiger partial charge >= 0.3 is 5.97 Å². The lowest BCUT2D eigenvalue weighted by molar-refractivity contribution is -0.131. The van der Waals surface area contributed by atoms with E-state index in [0.29, 0.717) is 22.4 Å². The van der Waals surface area contributed by atoms with Gasteiger partial charge in [-0.2, -0.15) is 0 Å². The van der Waals surface area contributed by atoms with E-state index in [2.05, 4.69) is 9.97 Å². The molecule has 0 aliphatic heterocycles. The molecule has 0 spiro atoms. The first-order chi connectivity index (χ1) is 10.1. The number of rotatable bonds is 3. The second kappa shape index (κ2) is 5.55. The average molecular weight is 288 g/mol. The van der Waals surface area contributed by atoms with E-state index < -0.39 is 5.97 Å². The van der Waals surface area contributed by atoms with Crippen LogP contribution < -0.4 is 15.0 Å². The minimum Gasteiger partial charge on any atom is -0.489 e. The number of H-pyrrole nitrogens is 1. The molecule has 6 nitrogen and oxygen atoms in total. The second-order valence-electron chi connectivity index (χ2n) is 5.17. The minimum atomic E-state index is -0.425. The summed E-state index contributed by atoms with van der Waals surface area (Å²) in [5.41, 5.74) is 0.188. The molecular formula is C15H16N2O4. The minimum absolute atomic E-state index is 0.0976. The summed E-state index contributed by atoms with van der Waals surface area (Å²) < 4.78 is 11.0. The summed E-state index contributed by atoms with van der Waals surface area (Å²) in [5, 5.41) is 0.389. The molecule has 0 saturated heterocycles. The number of benzene rings is 1. The van der Waals surface area contributed by atoms with Crippen LogP contribution in [0.5, 0.6) is 11.5 Å². The van der Waals surface area contributed by atoms with Crippen molar-refractivity contribution in [3.8, 4) is 11.5 Å². The maximum Gasteiger partial charge on any atom is 0.308 e. The third-order valence-corrected chi connectivity index (χ3v) is 3.54. The summed E-state index contributed by atoms with van der Waals surface area (Å²) in [6.07, 6.45) is 5.61. The zero-order valence-corrected chi connectivity index (χ0v) is 11.7. The predicted octanol–water partition coefficient (Wildman–Crippen LogP) is 2.17. The first kappa shape index (κ1) is 13.6. The van der Waals surface area contributed by atoms with Crippen LogP contribution in [0.3, 0.4) is 0 Å². The van der Waals surface area contributed by atoms with Crippen LogP contribution in [0, 0.1) is 0 Å². The summed E-state index contributed by atoms with van der Waals surface area (Å²) in [4.78, 5) is 29.8. The van der Waals surface area contributed by atoms with Gasteiger partial charge in [-0.25, -0.2) is 4.98 Å². The van der Waals surface area contributed by atoms with Crippen molar-refractivity contribution in [1.82, 2.24) is 9.97 Å². The summed E-state index contributed by atoms with van der Waals surface area (Å²) in [6.45, 7) is 1.33. The number of nitrogens with zero attached hydrogens (tertiary/aromatic N) is 1. The Kier molecular flexibility index (Phi) is 3.60. The normalized spacial score (nSPS) is 15.3. The highest BCUT2D eigenvalue weighted by molar-refractivity contribution is 5.86. The first-order valence-electron chi connectivity index (χ1n) is 7.00. The van der Waals surface area contributed by atoms with Crippen molar-refractivity contribution in [2.45, 2.75) is 38.7 Å². The highest BCUT2D eigenvalue weighted by Gasteiger charge is 2.20. The van der Waals surface area contributed by atoms with Crippen molar-refractivity contribution >= 4 is 16.9 Å². The lowest BCUT2D eigenvalue weighted by Gasteiger charge is -2.15. The summed E-state index contributed by atoms with van der Waals surface area (Å²) in [5.74, 6) is 0.331. The van der Waals surface area contributed by atoms with Crippen LogP contribution in [0.15, 0.2) is 23.3 Å². The maximum absolute atomic E-state index is 12.0. The lowest BCUT2D eigenvalue weighted by atomic mass is 10.2. The molecule has 1 heterocycles. The van der Waals surface area contributed by atoms with E-state index in [9.17, 15) is 9.59 Å². The van der Waals surface area contributed by atoms with E-state index in [0.717, 1.165) is 25.7 Å². The molecule has 1 saturated carbocycles. The largest absolute Gasteiger partial charge is 0.489 e. The Morgan fingerprint density at radius 1 is 1.33 bits per heavy atom. The SMILES string of the molecule is CC(=O)Oc1cc(OC2CCCC2)c2c(=O)[nH]cnc2c1. The van der Waals surface area contributed by atoms with Gasteiger partial charge < -0.3 is 14.5 Å². The van der Waals surface area contributed by atoms with Crippen LogP contribution in [0.25, 0.3) is 10.9 Å². The molecule has 1 aromatic carbocycles. The predicted molar refractivity (Wildman–Crippen MR) is 76.6 cm³/mol. The third-order valence-electron chi connectivity index (χ3n) is 3.54. The zero-order chi connectivity index (χ0) is 14.8. The number of hydrogen-bond acceptors (Lipinski definition) is 5. The highest BCUT2D eigenvalue weighted by Crippen LogP contribution is 2.31. The van der Waals surface area contributed by atoms with Crippen molar-refractivity contribution in [3.63, 3.8) is 0 Å². The van der Waals surface area contributed by atoms with Gasteiger partial charge in [0.2, 0.25) is 0 Å². The number of carbonyl (C=O) groups is 1. The van der Waals surface area contributed by atoms with Crippen molar-refractivity contribution < 1.29 is 14.3 Å². The zero-order valence-electron chi connectivity index (χ0n) is 11.7. The Labute approximate surface area is 121 Å². The van der Waals surface area contributed by atoms with Crippen LogP contribution in [0.2, 0.25) is 0 Å². The Morgan fingerprint density at radius 3 is 2.81 bits per heavy atom. The van der Waals surface area contributed by atoms with Crippen molar-refractivity contribution in [3.05, 3.63) is 28.8 Å². The van der Waals surface area contributed by atoms with E-state index in [1.807, 2.05) is 0 Å². The summed E-state index contributed by atoms with van der Waals surface area (Å²) in [7, 11) is 0. The third kappa shape index (κ3) is 2.89. The number of hydrogen-bond donors (Lipinski definition) is 1. The quantitative estimate of drug-likeness (QED) is 0.691. The first-order valence-corrected chi connectivity index (χ1v) is 7.00. The molecule has 3 rings (SSSR count). The van der Waals surface area contributed by atoms with Gasteiger partial charge in [-0.3, -0.25) is 9.59 Å². The van der Waals surface area contributed by atoms with Gasteiger partial charge in [0.25, 0.3) is 5.56 Å². The number of aromatic nitrogens is 2. The summed E-state index contributed by atoms with van der Waals surface area (Å²) >= 11 is 0. The molecule has 1 aliphatic carbocycles. The fraction of sp³-hybridized carbons (Fsp3) is 0.400. The number of nitrogens with one attached hydrogen (secondary N) is 1. The molecule has 1 fully saturated rings. The fourth-order valence-corrected chi connectivity index (χ4v) is 2.64. The average Bonchev–Trinajstić information content (AvgIpc) is 2.90. The van der Waals surface area contributed by atoms with E-state index in [4.69, 9.17) is 9.47 Å². The second-order valence-corrected chi connectivity index (χ2v) is 5.17. The van der Waals surface area contributed by atoms with Crippen LogP contribution >= 0.6 is 0 Å². The monoisotopic (exact) mass is 288 g/mol. The molecule has 0 radical (unpaired) electrons. The molecule has 0 bridgehead atoms. The fourth-order valence-electron chi connectivity index (χ4n) is 2.64. The Morgan fingerprint density at radius 2 is 2.10 bits per heavy atom. The van der Waals surface area contributed by atoms with E-state index in [1.165, 1.54) is 13.3 Å². The Balaban J connectivity index is 2.08. The van der Waals surface area contributed by atoms with Gasteiger partial charge in [-0.15, -0.1) is 0 Å². The number of fused-ring (bicyclic) bond motifs is 1. The van der Waals surface area contributed by atoms with Gasteiger partial charge in [0.15, 0.2) is 0 Å². The lowest BCUT2D eigenvalue weighted by Crippen LogP contribution is -2.15. The number of carbonyl (C=O) groups excluding carboxylic acids is 1. The van der Waals surface area contributed by atoms with Gasteiger partial charge in [0.1, 0.15) is 16.9 Å². The standard InChI is InChI=1S/C15H16N2O4/c1-9(18)20-11-6-12-14(15(19)17-8-16-12)13(7-11)21-10-4-2-3-5-10/h6-8,10H,2-5H2,1H3,(H,16,17,19). The van der Waals surface area contributed by atoms with Crippen LogP contribution in [-0.4, -0.2) is 22.0 Å². The number of ether oxygens (including phenoxy) is 2. The van der Waals surface area contributed by atoms with Crippen LogP contribution in [-0.2, 0) is 4.79 Å². The molecule has 21 heavy (non-hydrogen) atoms. The topological polar surface area (TPSA) is 81.3 Å². The van der Waals surface area contributed by atoms with Gasteiger partial charge in [0, 0.05) is 19.1 Å². The van der Waals surface area contributed by atoms with Gasteiger partial charge in [0.05, 0.1) is 17.9 Å². The molecule has 1 N–H and O–H groups in total. The number of esters is 1. The van der Waals surface area contributed by atoms with E-state index in [1.54, 1.807) is 12.1 Å².